The van der Waals surface area contributed by atoms with Gasteiger partial charge in [0.2, 0.25) is 0 Å². The SMILES string of the molecule is COc1cccnc1OC1CCN(C(=O)COc2ccc(CO)cc2)C1. The fourth-order valence-corrected chi connectivity index (χ4v) is 2.76. The average Bonchev–Trinajstić information content (AvgIpc) is 3.15. The van der Waals surface area contributed by atoms with Gasteiger partial charge in [0.05, 0.1) is 20.3 Å². The molecule has 2 aromatic rings. The first kappa shape index (κ1) is 18.0. The maximum Gasteiger partial charge on any atom is 0.260 e. The van der Waals surface area contributed by atoms with E-state index in [-0.39, 0.29) is 25.2 Å². The zero-order valence-electron chi connectivity index (χ0n) is 14.6. The lowest BCUT2D eigenvalue weighted by Gasteiger charge is -2.18. The number of rotatable bonds is 7. The number of aliphatic hydroxyl groups is 1. The zero-order chi connectivity index (χ0) is 18.4. The van der Waals surface area contributed by atoms with Crippen molar-refractivity contribution >= 4 is 5.91 Å². The Bertz CT molecular complexity index is 735. The quantitative estimate of drug-likeness (QED) is 0.810. The Hall–Kier alpha value is -2.80. The molecule has 1 aliphatic heterocycles. The summed E-state index contributed by atoms with van der Waals surface area (Å²) in [4.78, 5) is 18.2. The summed E-state index contributed by atoms with van der Waals surface area (Å²) < 4.78 is 16.6. The van der Waals surface area contributed by atoms with Crippen LogP contribution >= 0.6 is 0 Å². The number of carbonyl (C=O) groups excluding carboxylic acids is 1. The van der Waals surface area contributed by atoms with Crippen molar-refractivity contribution in [1.29, 1.82) is 0 Å². The molecule has 0 bridgehead atoms. The van der Waals surface area contributed by atoms with Gasteiger partial charge in [0, 0.05) is 19.2 Å². The third-order valence-corrected chi connectivity index (χ3v) is 4.20. The summed E-state index contributed by atoms with van der Waals surface area (Å²) in [6, 6.07) is 10.6. The highest BCUT2D eigenvalue weighted by atomic mass is 16.5. The highest BCUT2D eigenvalue weighted by Crippen LogP contribution is 2.26. The molecule has 3 rings (SSSR count). The highest BCUT2D eigenvalue weighted by molar-refractivity contribution is 5.78. The van der Waals surface area contributed by atoms with E-state index >= 15 is 0 Å². The summed E-state index contributed by atoms with van der Waals surface area (Å²) in [5.74, 6) is 1.53. The molecule has 2 heterocycles. The van der Waals surface area contributed by atoms with Gasteiger partial charge in [-0.3, -0.25) is 4.79 Å². The van der Waals surface area contributed by atoms with Crippen LogP contribution in [0.5, 0.6) is 17.4 Å². The van der Waals surface area contributed by atoms with Crippen molar-refractivity contribution < 1.29 is 24.1 Å². The van der Waals surface area contributed by atoms with Crippen LogP contribution in [0.4, 0.5) is 0 Å². The molecule has 1 unspecified atom stereocenters. The Kier molecular flexibility index (Phi) is 5.91. The summed E-state index contributed by atoms with van der Waals surface area (Å²) in [6.07, 6.45) is 2.26. The predicted molar refractivity (Wildman–Crippen MR) is 94.3 cm³/mol. The van der Waals surface area contributed by atoms with Crippen LogP contribution in [0.15, 0.2) is 42.6 Å². The Morgan fingerprint density at radius 3 is 2.85 bits per heavy atom. The van der Waals surface area contributed by atoms with E-state index in [4.69, 9.17) is 19.3 Å². The summed E-state index contributed by atoms with van der Waals surface area (Å²) in [6.45, 7) is 1.06. The Morgan fingerprint density at radius 2 is 2.12 bits per heavy atom. The first-order valence-corrected chi connectivity index (χ1v) is 8.45. The summed E-state index contributed by atoms with van der Waals surface area (Å²) in [5, 5.41) is 9.03. The smallest absolute Gasteiger partial charge is 0.260 e. The van der Waals surface area contributed by atoms with Gasteiger partial charge in [0.15, 0.2) is 12.4 Å². The molecule has 1 aromatic heterocycles. The average molecular weight is 358 g/mol. The molecule has 0 aliphatic carbocycles. The van der Waals surface area contributed by atoms with Gasteiger partial charge in [-0.2, -0.15) is 0 Å². The number of ether oxygens (including phenoxy) is 3. The second-order valence-corrected chi connectivity index (χ2v) is 5.97. The van der Waals surface area contributed by atoms with Crippen molar-refractivity contribution in [2.45, 2.75) is 19.1 Å². The van der Waals surface area contributed by atoms with Crippen molar-refractivity contribution in [3.05, 3.63) is 48.2 Å². The van der Waals surface area contributed by atoms with Crippen LogP contribution in [0, 0.1) is 0 Å². The van der Waals surface area contributed by atoms with Crippen LogP contribution in [0.1, 0.15) is 12.0 Å². The van der Waals surface area contributed by atoms with Crippen LogP contribution in [0.2, 0.25) is 0 Å². The summed E-state index contributed by atoms with van der Waals surface area (Å²) >= 11 is 0. The number of aromatic nitrogens is 1. The Labute approximate surface area is 152 Å². The minimum Gasteiger partial charge on any atom is -0.491 e. The number of carbonyl (C=O) groups is 1. The lowest BCUT2D eigenvalue weighted by atomic mass is 10.2. The van der Waals surface area contributed by atoms with Crippen molar-refractivity contribution in [3.63, 3.8) is 0 Å². The Morgan fingerprint density at radius 1 is 1.31 bits per heavy atom. The topological polar surface area (TPSA) is 81.1 Å². The number of benzene rings is 1. The third kappa shape index (κ3) is 4.43. The molecule has 0 saturated carbocycles. The van der Waals surface area contributed by atoms with Crippen LogP contribution < -0.4 is 14.2 Å². The molecule has 26 heavy (non-hydrogen) atoms. The van der Waals surface area contributed by atoms with E-state index in [1.807, 2.05) is 0 Å². The zero-order valence-corrected chi connectivity index (χ0v) is 14.6. The maximum absolute atomic E-state index is 12.3. The van der Waals surface area contributed by atoms with Crippen molar-refractivity contribution in [2.24, 2.45) is 0 Å². The van der Waals surface area contributed by atoms with Crippen molar-refractivity contribution in [1.82, 2.24) is 9.88 Å². The molecule has 1 N–H and O–H groups in total. The molecule has 138 valence electrons. The number of methoxy groups -OCH3 is 1. The largest absolute Gasteiger partial charge is 0.491 e. The van der Waals surface area contributed by atoms with E-state index in [1.54, 1.807) is 54.6 Å². The van der Waals surface area contributed by atoms with Gasteiger partial charge in [-0.05, 0) is 29.8 Å². The first-order chi connectivity index (χ1) is 12.7. The second-order valence-electron chi connectivity index (χ2n) is 5.97. The van der Waals surface area contributed by atoms with Crippen LogP contribution in [-0.4, -0.2) is 53.8 Å². The van der Waals surface area contributed by atoms with Crippen LogP contribution in [0.25, 0.3) is 0 Å². The van der Waals surface area contributed by atoms with E-state index in [2.05, 4.69) is 4.98 Å². The molecule has 1 saturated heterocycles. The molecule has 1 amide bonds. The minimum atomic E-state index is -0.119. The van der Waals surface area contributed by atoms with E-state index in [0.29, 0.717) is 30.5 Å². The first-order valence-electron chi connectivity index (χ1n) is 8.45. The number of pyridine rings is 1. The monoisotopic (exact) mass is 358 g/mol. The summed E-state index contributed by atoms with van der Waals surface area (Å²) in [5.41, 5.74) is 0.799. The molecular weight excluding hydrogens is 336 g/mol. The normalized spacial score (nSPS) is 16.4. The van der Waals surface area contributed by atoms with Crippen molar-refractivity contribution in [3.8, 4) is 17.4 Å². The van der Waals surface area contributed by atoms with Crippen LogP contribution in [0.3, 0.4) is 0 Å². The minimum absolute atomic E-state index is 0.0184. The van der Waals surface area contributed by atoms with Crippen LogP contribution in [-0.2, 0) is 11.4 Å². The number of hydrogen-bond acceptors (Lipinski definition) is 6. The van der Waals surface area contributed by atoms with E-state index < -0.39 is 0 Å². The standard InChI is InChI=1S/C19H22N2O5/c1-24-17-3-2-9-20-19(17)26-16-8-10-21(11-16)18(23)13-25-15-6-4-14(12-22)5-7-15/h2-7,9,16,22H,8,10-13H2,1H3. The lowest BCUT2D eigenvalue weighted by molar-refractivity contribution is -0.132. The van der Waals surface area contributed by atoms with Crippen molar-refractivity contribution in [2.75, 3.05) is 26.8 Å². The summed E-state index contributed by atoms with van der Waals surface area (Å²) in [7, 11) is 1.57. The fraction of sp³-hybridized carbons (Fsp3) is 0.368. The van der Waals surface area contributed by atoms with E-state index in [9.17, 15) is 4.79 Å². The highest BCUT2D eigenvalue weighted by Gasteiger charge is 2.28. The fourth-order valence-electron chi connectivity index (χ4n) is 2.76. The van der Waals surface area contributed by atoms with Gasteiger partial charge in [-0.1, -0.05) is 12.1 Å². The Balaban J connectivity index is 1.49. The van der Waals surface area contributed by atoms with Gasteiger partial charge in [-0.15, -0.1) is 0 Å². The number of amides is 1. The number of nitrogens with zero attached hydrogens (tertiary/aromatic N) is 2. The lowest BCUT2D eigenvalue weighted by Crippen LogP contribution is -2.34. The van der Waals surface area contributed by atoms with Gasteiger partial charge < -0.3 is 24.2 Å². The second kappa shape index (κ2) is 8.53. The number of aliphatic hydroxyl groups excluding tert-OH is 1. The molecular formula is C19H22N2O5. The van der Waals surface area contributed by atoms with Gasteiger partial charge in [-0.25, -0.2) is 4.98 Å². The molecule has 1 aromatic carbocycles. The predicted octanol–water partition coefficient (Wildman–Crippen LogP) is 1.64. The van der Waals surface area contributed by atoms with E-state index in [1.165, 1.54) is 0 Å². The molecule has 0 radical (unpaired) electrons. The number of likely N-dealkylation sites (tertiary alicyclic amines) is 1. The van der Waals surface area contributed by atoms with E-state index in [0.717, 1.165) is 12.0 Å². The van der Waals surface area contributed by atoms with Gasteiger partial charge in [0.1, 0.15) is 11.9 Å². The van der Waals surface area contributed by atoms with Gasteiger partial charge in [0.25, 0.3) is 11.8 Å². The van der Waals surface area contributed by atoms with Gasteiger partial charge >= 0.3 is 0 Å². The third-order valence-electron chi connectivity index (χ3n) is 4.20. The molecule has 7 nitrogen and oxygen atoms in total. The molecule has 0 spiro atoms. The molecule has 7 heteroatoms. The molecule has 1 aliphatic rings. The maximum atomic E-state index is 12.3. The molecule has 1 atom stereocenters. The molecule has 1 fully saturated rings. The number of hydrogen-bond donors (Lipinski definition) is 1.